The van der Waals surface area contributed by atoms with Crippen LogP contribution in [0.25, 0.3) is 11.3 Å². The van der Waals surface area contributed by atoms with Gasteiger partial charge in [0, 0.05) is 35.8 Å². The van der Waals surface area contributed by atoms with E-state index in [0.717, 1.165) is 28.1 Å². The van der Waals surface area contributed by atoms with Crippen molar-refractivity contribution in [2.75, 3.05) is 5.32 Å². The molecule has 0 atom stereocenters. The number of carbonyl (C=O) groups excluding carboxylic acids is 1. The van der Waals surface area contributed by atoms with Crippen LogP contribution in [-0.4, -0.2) is 26.8 Å². The molecule has 1 aromatic carbocycles. The van der Waals surface area contributed by atoms with Crippen LogP contribution in [-0.2, 0) is 22.5 Å². The van der Waals surface area contributed by atoms with Crippen LogP contribution >= 0.6 is 0 Å². The molecular formula is C21H24N4O2. The van der Waals surface area contributed by atoms with Gasteiger partial charge in [0.25, 0.3) is 0 Å². The number of anilines is 1. The van der Waals surface area contributed by atoms with Crippen LogP contribution in [0.1, 0.15) is 31.9 Å². The van der Waals surface area contributed by atoms with E-state index in [0.29, 0.717) is 6.54 Å². The van der Waals surface area contributed by atoms with Gasteiger partial charge in [-0.1, -0.05) is 12.1 Å². The minimum atomic E-state index is -0.475. The number of pyridine rings is 1. The molecule has 0 aliphatic carbocycles. The van der Waals surface area contributed by atoms with E-state index in [1.165, 1.54) is 0 Å². The summed E-state index contributed by atoms with van der Waals surface area (Å²) >= 11 is 0. The minimum Gasteiger partial charge on any atom is -0.460 e. The van der Waals surface area contributed by atoms with Gasteiger partial charge in [-0.25, -0.2) is 0 Å². The predicted octanol–water partition coefficient (Wildman–Crippen LogP) is 3.97. The molecule has 140 valence electrons. The first-order chi connectivity index (χ1) is 12.9. The third kappa shape index (κ3) is 5.41. The lowest BCUT2D eigenvalue weighted by Gasteiger charge is -2.19. The average Bonchev–Trinajstić information content (AvgIpc) is 3.08. The SMILES string of the molecule is CC(C)(C)OC(=O)Cc1cccc(NCc2cn[nH]c2-c2cccnc2)c1. The number of ether oxygens (including phenoxy) is 1. The highest BCUT2D eigenvalue weighted by Gasteiger charge is 2.16. The van der Waals surface area contributed by atoms with Gasteiger partial charge >= 0.3 is 5.97 Å². The largest absolute Gasteiger partial charge is 0.460 e. The molecule has 0 spiro atoms. The number of hydrogen-bond donors (Lipinski definition) is 2. The van der Waals surface area contributed by atoms with Gasteiger partial charge in [0.15, 0.2) is 0 Å². The highest BCUT2D eigenvalue weighted by atomic mass is 16.6. The van der Waals surface area contributed by atoms with Crippen LogP contribution in [0.3, 0.4) is 0 Å². The van der Waals surface area contributed by atoms with Gasteiger partial charge in [-0.3, -0.25) is 14.9 Å². The van der Waals surface area contributed by atoms with E-state index in [-0.39, 0.29) is 12.4 Å². The van der Waals surface area contributed by atoms with Gasteiger partial charge in [0.05, 0.1) is 18.3 Å². The second-order valence-corrected chi connectivity index (χ2v) is 7.33. The Hall–Kier alpha value is -3.15. The summed E-state index contributed by atoms with van der Waals surface area (Å²) in [5.41, 5.74) is 4.35. The number of nitrogens with zero attached hydrogens (tertiary/aromatic N) is 2. The minimum absolute atomic E-state index is 0.228. The zero-order valence-electron chi connectivity index (χ0n) is 15.8. The number of rotatable bonds is 6. The Morgan fingerprint density at radius 1 is 1.19 bits per heavy atom. The Bertz CT molecular complexity index is 898. The van der Waals surface area contributed by atoms with Crippen molar-refractivity contribution in [1.82, 2.24) is 15.2 Å². The summed E-state index contributed by atoms with van der Waals surface area (Å²) in [5.74, 6) is -0.228. The fraction of sp³-hybridized carbons (Fsp3) is 0.286. The van der Waals surface area contributed by atoms with Crippen LogP contribution in [0.2, 0.25) is 0 Å². The van der Waals surface area contributed by atoms with E-state index >= 15 is 0 Å². The lowest BCUT2D eigenvalue weighted by molar-refractivity contribution is -0.153. The Kier molecular flexibility index (Phi) is 5.54. The Morgan fingerprint density at radius 3 is 2.78 bits per heavy atom. The first kappa shape index (κ1) is 18.6. The smallest absolute Gasteiger partial charge is 0.310 e. The summed E-state index contributed by atoms with van der Waals surface area (Å²) in [6.45, 7) is 6.21. The number of H-pyrrole nitrogens is 1. The lowest BCUT2D eigenvalue weighted by Crippen LogP contribution is -2.24. The van der Waals surface area contributed by atoms with Crippen LogP contribution in [0.5, 0.6) is 0 Å². The van der Waals surface area contributed by atoms with Gasteiger partial charge < -0.3 is 10.1 Å². The first-order valence-electron chi connectivity index (χ1n) is 8.88. The number of esters is 1. The van der Waals surface area contributed by atoms with Gasteiger partial charge in [-0.05, 0) is 50.6 Å². The third-order valence-corrected chi connectivity index (χ3v) is 3.85. The highest BCUT2D eigenvalue weighted by Crippen LogP contribution is 2.21. The Labute approximate surface area is 159 Å². The van der Waals surface area contributed by atoms with Crippen LogP contribution < -0.4 is 5.32 Å². The maximum atomic E-state index is 12.0. The summed E-state index contributed by atoms with van der Waals surface area (Å²) < 4.78 is 5.39. The van der Waals surface area contributed by atoms with E-state index in [1.54, 1.807) is 18.6 Å². The van der Waals surface area contributed by atoms with E-state index in [9.17, 15) is 4.79 Å². The molecule has 0 aliphatic rings. The summed E-state index contributed by atoms with van der Waals surface area (Å²) in [6, 6.07) is 11.7. The van der Waals surface area contributed by atoms with E-state index in [4.69, 9.17) is 4.74 Å². The molecule has 0 unspecified atom stereocenters. The highest BCUT2D eigenvalue weighted by molar-refractivity contribution is 5.73. The molecule has 0 aliphatic heterocycles. The molecule has 3 aromatic rings. The van der Waals surface area contributed by atoms with Gasteiger partial charge in [-0.15, -0.1) is 0 Å². The number of carbonyl (C=O) groups is 1. The third-order valence-electron chi connectivity index (χ3n) is 3.85. The first-order valence-corrected chi connectivity index (χ1v) is 8.88. The summed E-state index contributed by atoms with van der Waals surface area (Å²) in [7, 11) is 0. The number of hydrogen-bond acceptors (Lipinski definition) is 5. The number of aromatic amines is 1. The number of aromatic nitrogens is 3. The van der Waals surface area contributed by atoms with E-state index in [1.807, 2.05) is 57.2 Å². The molecule has 6 heteroatoms. The van der Waals surface area contributed by atoms with Crippen molar-refractivity contribution in [3.05, 3.63) is 66.1 Å². The topological polar surface area (TPSA) is 79.9 Å². The standard InChI is InChI=1S/C21H24N4O2/c1-21(2,3)27-19(26)11-15-6-4-8-18(10-15)23-13-17-14-24-25-20(17)16-7-5-9-22-12-16/h4-10,12,14,23H,11,13H2,1-3H3,(H,24,25). The van der Waals surface area contributed by atoms with Crippen molar-refractivity contribution in [3.63, 3.8) is 0 Å². The van der Waals surface area contributed by atoms with Crippen molar-refractivity contribution in [2.45, 2.75) is 39.3 Å². The van der Waals surface area contributed by atoms with Crippen LogP contribution in [0.4, 0.5) is 5.69 Å². The Morgan fingerprint density at radius 2 is 2.04 bits per heavy atom. The molecule has 0 radical (unpaired) electrons. The van der Waals surface area contributed by atoms with Crippen molar-refractivity contribution < 1.29 is 9.53 Å². The van der Waals surface area contributed by atoms with Crippen molar-refractivity contribution in [2.24, 2.45) is 0 Å². The summed E-state index contributed by atoms with van der Waals surface area (Å²) in [4.78, 5) is 16.2. The van der Waals surface area contributed by atoms with Crippen LogP contribution in [0, 0.1) is 0 Å². The molecule has 0 saturated carbocycles. The maximum Gasteiger partial charge on any atom is 0.310 e. The molecule has 2 N–H and O–H groups in total. The normalized spacial score (nSPS) is 11.2. The zero-order chi connectivity index (χ0) is 19.3. The van der Waals surface area contributed by atoms with Gasteiger partial charge in [0.1, 0.15) is 5.60 Å². The molecule has 2 heterocycles. The number of benzene rings is 1. The molecule has 6 nitrogen and oxygen atoms in total. The molecule has 0 saturated heterocycles. The molecule has 0 fully saturated rings. The summed E-state index contributed by atoms with van der Waals surface area (Å²) in [5, 5.41) is 10.6. The average molecular weight is 364 g/mol. The van der Waals surface area contributed by atoms with Crippen molar-refractivity contribution >= 4 is 11.7 Å². The molecule has 2 aromatic heterocycles. The molecule has 0 amide bonds. The molecule has 3 rings (SSSR count). The second kappa shape index (κ2) is 8.03. The number of nitrogens with one attached hydrogen (secondary N) is 2. The summed E-state index contributed by atoms with van der Waals surface area (Å²) in [6.07, 6.45) is 5.60. The lowest BCUT2D eigenvalue weighted by atomic mass is 10.1. The predicted molar refractivity (Wildman–Crippen MR) is 105 cm³/mol. The quantitative estimate of drug-likeness (QED) is 0.647. The maximum absolute atomic E-state index is 12.0. The molecule has 27 heavy (non-hydrogen) atoms. The molecule has 0 bridgehead atoms. The van der Waals surface area contributed by atoms with Crippen LogP contribution in [0.15, 0.2) is 55.0 Å². The van der Waals surface area contributed by atoms with Crippen molar-refractivity contribution in [3.8, 4) is 11.3 Å². The van der Waals surface area contributed by atoms with E-state index < -0.39 is 5.60 Å². The fourth-order valence-corrected chi connectivity index (χ4v) is 2.74. The zero-order valence-corrected chi connectivity index (χ0v) is 15.8. The van der Waals surface area contributed by atoms with E-state index in [2.05, 4.69) is 20.5 Å². The Balaban J connectivity index is 1.65. The monoisotopic (exact) mass is 364 g/mol. The van der Waals surface area contributed by atoms with Gasteiger partial charge in [-0.2, -0.15) is 5.10 Å². The fourth-order valence-electron chi connectivity index (χ4n) is 2.74. The van der Waals surface area contributed by atoms with Crippen molar-refractivity contribution in [1.29, 1.82) is 0 Å². The van der Waals surface area contributed by atoms with Gasteiger partial charge in [0.2, 0.25) is 0 Å². The molecular weight excluding hydrogens is 340 g/mol. The second-order valence-electron chi connectivity index (χ2n) is 7.33.